The van der Waals surface area contributed by atoms with Crippen molar-refractivity contribution in [2.75, 3.05) is 5.32 Å². The Morgan fingerprint density at radius 1 is 1.12 bits per heavy atom. The van der Waals surface area contributed by atoms with E-state index in [-0.39, 0.29) is 16.8 Å². The number of nitrogens with one attached hydrogen (secondary N) is 3. The predicted octanol–water partition coefficient (Wildman–Crippen LogP) is 4.21. The molecule has 25 heavy (non-hydrogen) atoms. The van der Waals surface area contributed by atoms with Gasteiger partial charge in [0.05, 0.1) is 15.6 Å². The summed E-state index contributed by atoms with van der Waals surface area (Å²) in [7, 11) is 0. The Kier molecular flexibility index (Phi) is 3.63. The summed E-state index contributed by atoms with van der Waals surface area (Å²) in [6, 6.07) is 5.29. The molecule has 0 saturated carbocycles. The average Bonchev–Trinajstić information content (AvgIpc) is 2.88. The largest absolute Gasteiger partial charge is 0.343 e. The normalized spacial score (nSPS) is 21.6. The molecular weight excluding hydrogens is 361 g/mol. The number of benzene rings is 1. The second-order valence-corrected chi connectivity index (χ2v) is 8.19. The van der Waals surface area contributed by atoms with Gasteiger partial charge in [0.25, 0.3) is 5.56 Å². The minimum Gasteiger partial charge on any atom is -0.343 e. The number of hydrogen-bond donors (Lipinski definition) is 3. The van der Waals surface area contributed by atoms with Crippen LogP contribution in [0, 0.1) is 5.41 Å². The molecule has 4 rings (SSSR count). The van der Waals surface area contributed by atoms with Gasteiger partial charge in [-0.2, -0.15) is 0 Å². The van der Waals surface area contributed by atoms with E-state index < -0.39 is 5.92 Å². The molecule has 0 unspecified atom stereocenters. The van der Waals surface area contributed by atoms with Crippen LogP contribution in [0.5, 0.6) is 0 Å². The monoisotopic (exact) mass is 377 g/mol. The van der Waals surface area contributed by atoms with Gasteiger partial charge in [-0.05, 0) is 23.5 Å². The number of aromatic amines is 2. The number of fused-ring (bicyclic) bond motifs is 1. The van der Waals surface area contributed by atoms with Gasteiger partial charge in [0, 0.05) is 23.6 Å². The second-order valence-electron chi connectivity index (χ2n) is 7.40. The van der Waals surface area contributed by atoms with Crippen LogP contribution < -0.4 is 10.9 Å². The number of aromatic nitrogens is 2. The summed E-state index contributed by atoms with van der Waals surface area (Å²) in [5.41, 5.74) is 2.18. The molecule has 130 valence electrons. The molecule has 3 N–H and O–H groups in total. The van der Waals surface area contributed by atoms with E-state index in [0.717, 1.165) is 12.1 Å². The van der Waals surface area contributed by atoms with E-state index in [9.17, 15) is 9.59 Å². The van der Waals surface area contributed by atoms with Crippen LogP contribution in [0.1, 0.15) is 43.7 Å². The molecule has 0 saturated heterocycles. The van der Waals surface area contributed by atoms with E-state index in [1.54, 1.807) is 12.1 Å². The lowest BCUT2D eigenvalue weighted by atomic mass is 9.69. The summed E-state index contributed by atoms with van der Waals surface area (Å²) in [4.78, 5) is 25.4. The van der Waals surface area contributed by atoms with E-state index in [2.05, 4.69) is 29.4 Å². The highest BCUT2D eigenvalue weighted by Crippen LogP contribution is 2.49. The molecule has 0 spiro atoms. The highest BCUT2D eigenvalue weighted by Gasteiger charge is 2.43. The molecular formula is C18H17Cl2N3O2. The summed E-state index contributed by atoms with van der Waals surface area (Å²) in [6.45, 7) is 4.13. The first-order chi connectivity index (χ1) is 11.8. The lowest BCUT2D eigenvalue weighted by molar-refractivity contribution is -0.118. The van der Waals surface area contributed by atoms with Crippen LogP contribution >= 0.6 is 23.2 Å². The van der Waals surface area contributed by atoms with Crippen LogP contribution in [0.3, 0.4) is 0 Å². The fourth-order valence-corrected chi connectivity index (χ4v) is 4.29. The van der Waals surface area contributed by atoms with Gasteiger partial charge < -0.3 is 5.32 Å². The molecule has 1 aromatic carbocycles. The number of H-pyrrole nitrogens is 2. The van der Waals surface area contributed by atoms with Crippen molar-refractivity contribution in [3.63, 3.8) is 0 Å². The van der Waals surface area contributed by atoms with E-state index in [0.29, 0.717) is 39.0 Å². The molecule has 0 bridgehead atoms. The van der Waals surface area contributed by atoms with Gasteiger partial charge in [-0.15, -0.1) is 0 Å². The minimum atomic E-state index is -0.531. The van der Waals surface area contributed by atoms with E-state index in [4.69, 9.17) is 23.2 Å². The Morgan fingerprint density at radius 3 is 2.64 bits per heavy atom. The molecule has 2 aromatic rings. The molecule has 2 heterocycles. The molecule has 0 radical (unpaired) electrons. The molecule has 7 heteroatoms. The Balaban J connectivity index is 2.00. The van der Waals surface area contributed by atoms with Gasteiger partial charge in [-0.3, -0.25) is 19.8 Å². The lowest BCUT2D eigenvalue weighted by Crippen LogP contribution is -2.35. The van der Waals surface area contributed by atoms with Crippen molar-refractivity contribution in [2.24, 2.45) is 5.41 Å². The zero-order valence-electron chi connectivity index (χ0n) is 13.8. The first-order valence-electron chi connectivity index (χ1n) is 8.06. The highest BCUT2D eigenvalue weighted by molar-refractivity contribution is 6.42. The summed E-state index contributed by atoms with van der Waals surface area (Å²) < 4.78 is 0. The average molecular weight is 378 g/mol. The van der Waals surface area contributed by atoms with E-state index >= 15 is 0 Å². The fraction of sp³-hybridized carbons (Fsp3) is 0.333. The lowest BCUT2D eigenvalue weighted by Gasteiger charge is -2.38. The van der Waals surface area contributed by atoms with Crippen LogP contribution in [-0.2, 0) is 4.79 Å². The number of anilines is 1. The first kappa shape index (κ1) is 16.5. The van der Waals surface area contributed by atoms with Gasteiger partial charge in [-0.1, -0.05) is 49.2 Å². The molecule has 2 aliphatic rings. The summed E-state index contributed by atoms with van der Waals surface area (Å²) in [6.07, 6.45) is 1.15. The van der Waals surface area contributed by atoms with Crippen LogP contribution in [-0.4, -0.2) is 16.0 Å². The SMILES string of the molecule is CC1(C)CC(=O)C2=C(C1)Nc1[nH][nH]c(=O)c1[C@H]2c1cccc(Cl)c1Cl. The zero-order valence-corrected chi connectivity index (χ0v) is 15.3. The zero-order chi connectivity index (χ0) is 17.9. The highest BCUT2D eigenvalue weighted by atomic mass is 35.5. The standard InChI is InChI=1S/C18H17Cl2N3O2/c1-18(2)6-10-13(11(24)7-18)12(8-4-3-5-9(19)15(8)20)14-16(21-10)22-23-17(14)25/h3-5,12H,6-7H2,1-2H3,(H3,21,22,23,25)/t12-/m0/s1. The molecule has 1 aliphatic heterocycles. The Morgan fingerprint density at radius 2 is 1.88 bits per heavy atom. The summed E-state index contributed by atoms with van der Waals surface area (Å²) in [5.74, 6) is 0.0809. The van der Waals surface area contributed by atoms with Crippen LogP contribution in [0.25, 0.3) is 0 Å². The number of ketones is 1. The van der Waals surface area contributed by atoms with Gasteiger partial charge in [-0.25, -0.2) is 0 Å². The Hall–Kier alpha value is -1.98. The van der Waals surface area contributed by atoms with Crippen molar-refractivity contribution in [1.29, 1.82) is 0 Å². The Bertz CT molecular complexity index is 984. The van der Waals surface area contributed by atoms with Crippen LogP contribution in [0.15, 0.2) is 34.3 Å². The smallest absolute Gasteiger partial charge is 0.270 e. The molecule has 0 amide bonds. The maximum atomic E-state index is 13.0. The van der Waals surface area contributed by atoms with E-state index in [1.807, 2.05) is 6.07 Å². The van der Waals surface area contributed by atoms with Crippen molar-refractivity contribution >= 4 is 34.8 Å². The van der Waals surface area contributed by atoms with Gasteiger partial charge in [0.15, 0.2) is 5.78 Å². The minimum absolute atomic E-state index is 0.0334. The number of allylic oxidation sites excluding steroid dienone is 2. The van der Waals surface area contributed by atoms with Gasteiger partial charge in [0.1, 0.15) is 5.82 Å². The maximum Gasteiger partial charge on any atom is 0.270 e. The molecule has 1 aromatic heterocycles. The van der Waals surface area contributed by atoms with Crippen molar-refractivity contribution in [2.45, 2.75) is 32.6 Å². The van der Waals surface area contributed by atoms with E-state index in [1.165, 1.54) is 0 Å². The van der Waals surface area contributed by atoms with Gasteiger partial charge >= 0.3 is 0 Å². The fourth-order valence-electron chi connectivity index (χ4n) is 3.87. The van der Waals surface area contributed by atoms with Crippen LogP contribution in [0.2, 0.25) is 10.0 Å². The third-order valence-electron chi connectivity index (χ3n) is 4.88. The second kappa shape index (κ2) is 5.51. The van der Waals surface area contributed by atoms with Crippen molar-refractivity contribution < 1.29 is 4.79 Å². The summed E-state index contributed by atoms with van der Waals surface area (Å²) in [5, 5.41) is 9.47. The number of hydrogen-bond acceptors (Lipinski definition) is 3. The van der Waals surface area contributed by atoms with Gasteiger partial charge in [0.2, 0.25) is 0 Å². The maximum absolute atomic E-state index is 13.0. The predicted molar refractivity (Wildman–Crippen MR) is 98.4 cm³/mol. The number of halogens is 2. The quantitative estimate of drug-likeness (QED) is 0.696. The van der Waals surface area contributed by atoms with Crippen molar-refractivity contribution in [1.82, 2.24) is 10.2 Å². The Labute approximate surface area is 154 Å². The molecule has 5 nitrogen and oxygen atoms in total. The van der Waals surface area contributed by atoms with Crippen molar-refractivity contribution in [3.05, 3.63) is 61.0 Å². The molecule has 1 atom stereocenters. The number of carbonyl (C=O) groups excluding carboxylic acids is 1. The van der Waals surface area contributed by atoms with Crippen LogP contribution in [0.4, 0.5) is 5.82 Å². The van der Waals surface area contributed by atoms with Crippen molar-refractivity contribution in [3.8, 4) is 0 Å². The third kappa shape index (κ3) is 2.53. The first-order valence-corrected chi connectivity index (χ1v) is 8.82. The molecule has 1 aliphatic carbocycles. The molecule has 0 fully saturated rings. The number of Topliss-reactive ketones (excluding diaryl/α,β-unsaturated/α-hetero) is 1. The third-order valence-corrected chi connectivity index (χ3v) is 5.71. The summed E-state index contributed by atoms with van der Waals surface area (Å²) >= 11 is 12.6. The number of rotatable bonds is 1. The number of carbonyl (C=O) groups is 1. The topological polar surface area (TPSA) is 77.8 Å².